The summed E-state index contributed by atoms with van der Waals surface area (Å²) in [6, 6.07) is 13.1. The molecule has 0 saturated carbocycles. The maximum Gasteiger partial charge on any atom is 0.319 e. The van der Waals surface area contributed by atoms with Gasteiger partial charge in [-0.25, -0.2) is 4.79 Å². The highest BCUT2D eigenvalue weighted by molar-refractivity contribution is 9.10. The van der Waals surface area contributed by atoms with Gasteiger partial charge in [0.05, 0.1) is 11.6 Å². The third-order valence-corrected chi connectivity index (χ3v) is 4.17. The molecule has 0 radical (unpaired) electrons. The van der Waals surface area contributed by atoms with Gasteiger partial charge in [-0.3, -0.25) is 0 Å². The van der Waals surface area contributed by atoms with E-state index >= 15 is 0 Å². The number of ether oxygens (including phenoxy) is 1. The number of nitrogens with one attached hydrogen (secondary N) is 2. The van der Waals surface area contributed by atoms with E-state index in [2.05, 4.69) is 33.5 Å². The maximum absolute atomic E-state index is 11.8. The summed E-state index contributed by atoms with van der Waals surface area (Å²) in [4.78, 5) is 11.8. The predicted octanol–water partition coefficient (Wildman–Crippen LogP) is 5.26. The van der Waals surface area contributed by atoms with Gasteiger partial charge in [-0.15, -0.1) is 0 Å². The Bertz CT molecular complexity index is 677. The van der Waals surface area contributed by atoms with Gasteiger partial charge in [-0.1, -0.05) is 46.6 Å². The van der Waals surface area contributed by atoms with Gasteiger partial charge in [-0.2, -0.15) is 0 Å². The van der Waals surface area contributed by atoms with E-state index in [1.165, 1.54) is 5.56 Å². The Morgan fingerprint density at radius 1 is 1.21 bits per heavy atom. The van der Waals surface area contributed by atoms with Crippen molar-refractivity contribution < 1.29 is 9.53 Å². The minimum Gasteiger partial charge on any atom is -0.492 e. The van der Waals surface area contributed by atoms with Crippen LogP contribution in [0.15, 0.2) is 46.9 Å². The molecule has 2 N–H and O–H groups in total. The van der Waals surface area contributed by atoms with E-state index in [1.54, 1.807) is 6.07 Å². The largest absolute Gasteiger partial charge is 0.492 e. The average molecular weight is 412 g/mol. The molecule has 2 aromatic carbocycles. The first-order valence-corrected chi connectivity index (χ1v) is 8.97. The second-order valence-electron chi connectivity index (χ2n) is 5.21. The van der Waals surface area contributed by atoms with E-state index in [1.807, 2.05) is 36.4 Å². The first kappa shape index (κ1) is 18.6. The molecule has 0 spiro atoms. The third kappa shape index (κ3) is 6.06. The molecule has 0 aromatic heterocycles. The van der Waals surface area contributed by atoms with Crippen molar-refractivity contribution >= 4 is 39.2 Å². The number of carbonyl (C=O) groups is 1. The van der Waals surface area contributed by atoms with Gasteiger partial charge in [0.1, 0.15) is 5.75 Å². The van der Waals surface area contributed by atoms with Gasteiger partial charge in [0, 0.05) is 16.7 Å². The van der Waals surface area contributed by atoms with Crippen molar-refractivity contribution in [1.29, 1.82) is 0 Å². The second-order valence-corrected chi connectivity index (χ2v) is 6.53. The van der Waals surface area contributed by atoms with Gasteiger partial charge >= 0.3 is 6.03 Å². The summed E-state index contributed by atoms with van der Waals surface area (Å²) in [5.41, 5.74) is 2.02. The van der Waals surface area contributed by atoms with Crippen LogP contribution >= 0.6 is 27.5 Å². The van der Waals surface area contributed by atoms with Gasteiger partial charge in [0.2, 0.25) is 0 Å². The zero-order valence-corrected chi connectivity index (χ0v) is 15.8. The monoisotopic (exact) mass is 410 g/mol. The second kappa shape index (κ2) is 9.55. The van der Waals surface area contributed by atoms with E-state index in [-0.39, 0.29) is 6.03 Å². The lowest BCUT2D eigenvalue weighted by Gasteiger charge is -2.10. The van der Waals surface area contributed by atoms with E-state index in [0.29, 0.717) is 30.3 Å². The first-order chi connectivity index (χ1) is 11.6. The van der Waals surface area contributed by atoms with E-state index in [4.69, 9.17) is 16.3 Å². The number of amides is 2. The van der Waals surface area contributed by atoms with Crippen molar-refractivity contribution in [1.82, 2.24) is 5.32 Å². The normalized spacial score (nSPS) is 10.3. The predicted molar refractivity (Wildman–Crippen MR) is 102 cm³/mol. The molecule has 4 nitrogen and oxygen atoms in total. The van der Waals surface area contributed by atoms with E-state index in [9.17, 15) is 4.79 Å². The molecular weight excluding hydrogens is 392 g/mol. The molecule has 0 bridgehead atoms. The van der Waals surface area contributed by atoms with E-state index < -0.39 is 0 Å². The van der Waals surface area contributed by atoms with Gasteiger partial charge in [0.25, 0.3) is 0 Å². The Balaban J connectivity index is 1.65. The Morgan fingerprint density at radius 3 is 2.62 bits per heavy atom. The summed E-state index contributed by atoms with van der Waals surface area (Å²) in [6.45, 7) is 3.10. The lowest BCUT2D eigenvalue weighted by atomic mass is 10.1. The number of hydrogen-bond acceptors (Lipinski definition) is 2. The van der Waals surface area contributed by atoms with Crippen molar-refractivity contribution in [2.24, 2.45) is 0 Å². The molecular formula is C18H20BrClN2O2. The molecule has 0 aliphatic carbocycles. The number of carbonyl (C=O) groups excluding carboxylic acids is 1. The summed E-state index contributed by atoms with van der Waals surface area (Å²) in [5, 5.41) is 6.16. The van der Waals surface area contributed by atoms with Gasteiger partial charge in [0.15, 0.2) is 0 Å². The molecule has 2 amide bonds. The molecule has 0 unspecified atom stereocenters. The van der Waals surface area contributed by atoms with Gasteiger partial charge < -0.3 is 15.4 Å². The van der Waals surface area contributed by atoms with Crippen molar-refractivity contribution in [2.75, 3.05) is 18.5 Å². The SMILES string of the molecule is CCc1ccc(NC(=O)NCCCOc2ccc(Br)cc2Cl)cc1. The highest BCUT2D eigenvalue weighted by Gasteiger charge is 2.03. The van der Waals surface area contributed by atoms with Crippen LogP contribution in [0.4, 0.5) is 10.5 Å². The van der Waals surface area contributed by atoms with Crippen LogP contribution in [0.5, 0.6) is 5.75 Å². The number of rotatable bonds is 7. The number of hydrogen-bond donors (Lipinski definition) is 2. The van der Waals surface area contributed by atoms with Crippen molar-refractivity contribution in [3.8, 4) is 5.75 Å². The average Bonchev–Trinajstić information content (AvgIpc) is 2.57. The summed E-state index contributed by atoms with van der Waals surface area (Å²) < 4.78 is 6.50. The van der Waals surface area contributed by atoms with Crippen LogP contribution < -0.4 is 15.4 Å². The van der Waals surface area contributed by atoms with E-state index in [0.717, 1.165) is 16.6 Å². The fourth-order valence-electron chi connectivity index (χ4n) is 2.05. The van der Waals surface area contributed by atoms with Crippen LogP contribution in [0, 0.1) is 0 Å². The zero-order valence-electron chi connectivity index (χ0n) is 13.4. The van der Waals surface area contributed by atoms with Crippen LogP contribution in [-0.2, 0) is 6.42 Å². The Morgan fingerprint density at radius 2 is 1.96 bits per heavy atom. The standard InChI is InChI=1S/C18H20BrClN2O2/c1-2-13-4-7-15(8-5-13)22-18(23)21-10-3-11-24-17-9-6-14(19)12-16(17)20/h4-9,12H,2-3,10-11H2,1H3,(H2,21,22,23). The highest BCUT2D eigenvalue weighted by atomic mass is 79.9. The Labute approximate surface area is 155 Å². The molecule has 0 aliphatic rings. The van der Waals surface area contributed by atoms with Crippen LogP contribution in [0.1, 0.15) is 18.9 Å². The third-order valence-electron chi connectivity index (χ3n) is 3.38. The zero-order chi connectivity index (χ0) is 17.4. The van der Waals surface area contributed by atoms with Gasteiger partial charge in [-0.05, 0) is 48.7 Å². The quantitative estimate of drug-likeness (QED) is 0.611. The molecule has 0 saturated heterocycles. The molecule has 2 rings (SSSR count). The molecule has 128 valence electrons. The Hall–Kier alpha value is -1.72. The maximum atomic E-state index is 11.8. The van der Waals surface area contributed by atoms with Crippen LogP contribution in [0.3, 0.4) is 0 Å². The molecule has 2 aromatic rings. The summed E-state index contributed by atoms with van der Waals surface area (Å²) in [6.07, 6.45) is 1.67. The smallest absolute Gasteiger partial charge is 0.319 e. The van der Waals surface area contributed by atoms with Crippen molar-refractivity contribution in [3.05, 3.63) is 57.5 Å². The number of aryl methyl sites for hydroxylation is 1. The minimum atomic E-state index is -0.221. The topological polar surface area (TPSA) is 50.4 Å². The summed E-state index contributed by atoms with van der Waals surface area (Å²) in [7, 11) is 0. The molecule has 0 fully saturated rings. The van der Waals surface area contributed by atoms with Crippen molar-refractivity contribution in [2.45, 2.75) is 19.8 Å². The molecule has 0 heterocycles. The Kier molecular flexibility index (Phi) is 7.40. The number of benzene rings is 2. The molecule has 0 aliphatic heterocycles. The number of halogens is 2. The number of anilines is 1. The highest BCUT2D eigenvalue weighted by Crippen LogP contribution is 2.27. The summed E-state index contributed by atoms with van der Waals surface area (Å²) in [5.74, 6) is 0.639. The molecule has 24 heavy (non-hydrogen) atoms. The number of urea groups is 1. The van der Waals surface area contributed by atoms with Crippen LogP contribution in [0.2, 0.25) is 5.02 Å². The van der Waals surface area contributed by atoms with Crippen LogP contribution in [0.25, 0.3) is 0 Å². The molecule has 6 heteroatoms. The van der Waals surface area contributed by atoms with Crippen molar-refractivity contribution in [3.63, 3.8) is 0 Å². The fraction of sp³-hybridized carbons (Fsp3) is 0.278. The first-order valence-electron chi connectivity index (χ1n) is 7.80. The summed E-state index contributed by atoms with van der Waals surface area (Å²) >= 11 is 9.42. The lowest BCUT2D eigenvalue weighted by Crippen LogP contribution is -2.30. The van der Waals surface area contributed by atoms with Crippen LogP contribution in [-0.4, -0.2) is 19.2 Å². The molecule has 0 atom stereocenters. The minimum absolute atomic E-state index is 0.221. The fourth-order valence-corrected chi connectivity index (χ4v) is 2.78. The lowest BCUT2D eigenvalue weighted by molar-refractivity contribution is 0.250.